The van der Waals surface area contributed by atoms with Gasteiger partial charge < -0.3 is 15.5 Å². The van der Waals surface area contributed by atoms with Crippen molar-refractivity contribution in [3.05, 3.63) is 33.8 Å². The Morgan fingerprint density at radius 1 is 1.26 bits per heavy atom. The number of hydrogen-bond acceptors (Lipinski definition) is 2. The maximum absolute atomic E-state index is 11.9. The molecule has 1 aliphatic heterocycles. The van der Waals surface area contributed by atoms with Crippen LogP contribution in [0.3, 0.4) is 0 Å². The third kappa shape index (κ3) is 5.29. The van der Waals surface area contributed by atoms with Crippen molar-refractivity contribution in [1.82, 2.24) is 15.5 Å². The summed E-state index contributed by atoms with van der Waals surface area (Å²) < 4.78 is 0. The predicted octanol–water partition coefficient (Wildman–Crippen LogP) is 3.37. The fraction of sp³-hybridized carbons (Fsp3) is 0.500. The molecule has 1 aliphatic rings. The van der Waals surface area contributed by atoms with Gasteiger partial charge in [0.25, 0.3) is 0 Å². The molecule has 1 saturated heterocycles. The van der Waals surface area contributed by atoms with Crippen LogP contribution in [-0.2, 0) is 4.79 Å². The topological polar surface area (TPSA) is 61.4 Å². The van der Waals surface area contributed by atoms with Gasteiger partial charge in [-0.15, -0.1) is 0 Å². The Kier molecular flexibility index (Phi) is 6.54. The first-order valence-corrected chi connectivity index (χ1v) is 8.50. The molecule has 0 aromatic heterocycles. The molecular formula is C16H21Cl2N3O2. The molecule has 1 unspecified atom stereocenters. The number of amides is 3. The summed E-state index contributed by atoms with van der Waals surface area (Å²) in [4.78, 5) is 25.6. The molecule has 0 saturated carbocycles. The number of carbonyl (C=O) groups excluding carboxylic acids is 2. The smallest absolute Gasteiger partial charge is 0.315 e. The Morgan fingerprint density at radius 3 is 2.61 bits per heavy atom. The van der Waals surface area contributed by atoms with Crippen molar-refractivity contribution < 1.29 is 9.59 Å². The summed E-state index contributed by atoms with van der Waals surface area (Å²) in [6.45, 7) is 3.82. The maximum Gasteiger partial charge on any atom is 0.315 e. The van der Waals surface area contributed by atoms with Crippen LogP contribution in [0.1, 0.15) is 37.8 Å². The van der Waals surface area contributed by atoms with Crippen LogP contribution in [0.25, 0.3) is 0 Å². The Bertz CT molecular complexity index is 574. The van der Waals surface area contributed by atoms with E-state index in [0.717, 1.165) is 31.5 Å². The molecule has 0 radical (unpaired) electrons. The first kappa shape index (κ1) is 17.9. The lowest BCUT2D eigenvalue weighted by molar-refractivity contribution is -0.129. The Balaban J connectivity index is 1.74. The second kappa shape index (κ2) is 8.41. The first-order chi connectivity index (χ1) is 11.0. The van der Waals surface area contributed by atoms with Gasteiger partial charge in [-0.05, 0) is 37.5 Å². The number of urea groups is 1. The average Bonchev–Trinajstić information content (AvgIpc) is 3.01. The van der Waals surface area contributed by atoms with Crippen molar-refractivity contribution in [2.45, 2.75) is 32.2 Å². The second-order valence-corrected chi connectivity index (χ2v) is 6.47. The lowest BCUT2D eigenvalue weighted by Crippen LogP contribution is -2.39. The van der Waals surface area contributed by atoms with E-state index in [-0.39, 0.29) is 18.0 Å². The molecule has 1 atom stereocenters. The van der Waals surface area contributed by atoms with E-state index in [4.69, 9.17) is 23.2 Å². The Hall–Kier alpha value is -1.46. The van der Waals surface area contributed by atoms with E-state index < -0.39 is 0 Å². The normalized spacial score (nSPS) is 15.3. The summed E-state index contributed by atoms with van der Waals surface area (Å²) in [5, 5.41) is 6.56. The highest BCUT2D eigenvalue weighted by molar-refractivity contribution is 6.35. The van der Waals surface area contributed by atoms with Gasteiger partial charge in [0.2, 0.25) is 5.91 Å². The second-order valence-electron chi connectivity index (χ2n) is 5.63. The van der Waals surface area contributed by atoms with E-state index in [9.17, 15) is 9.59 Å². The van der Waals surface area contributed by atoms with E-state index in [2.05, 4.69) is 10.6 Å². The van der Waals surface area contributed by atoms with E-state index in [1.807, 2.05) is 11.8 Å². The molecule has 1 fully saturated rings. The van der Waals surface area contributed by atoms with Gasteiger partial charge in [-0.25, -0.2) is 4.79 Å². The van der Waals surface area contributed by atoms with Crippen LogP contribution in [0.5, 0.6) is 0 Å². The SMILES string of the molecule is CC(NC(=O)NCCC(=O)N1CCCC1)c1ccc(Cl)cc1Cl. The number of nitrogens with one attached hydrogen (secondary N) is 2. The van der Waals surface area contributed by atoms with E-state index in [1.54, 1.807) is 18.2 Å². The van der Waals surface area contributed by atoms with Gasteiger partial charge in [-0.1, -0.05) is 29.3 Å². The number of carbonyl (C=O) groups is 2. The number of nitrogens with zero attached hydrogens (tertiary/aromatic N) is 1. The standard InChI is InChI=1S/C16H21Cl2N3O2/c1-11(13-5-4-12(17)10-14(13)18)20-16(23)19-7-6-15(22)21-8-2-3-9-21/h4-5,10-11H,2-3,6-9H2,1H3,(H2,19,20,23). The van der Waals surface area contributed by atoms with Gasteiger partial charge in [0.05, 0.1) is 6.04 Å². The molecular weight excluding hydrogens is 337 g/mol. The quantitative estimate of drug-likeness (QED) is 0.848. The molecule has 0 aliphatic carbocycles. The molecule has 2 rings (SSSR count). The highest BCUT2D eigenvalue weighted by Gasteiger charge is 2.18. The third-order valence-corrected chi connectivity index (χ3v) is 4.42. The monoisotopic (exact) mass is 357 g/mol. The van der Waals surface area contributed by atoms with Crippen molar-refractivity contribution >= 4 is 35.1 Å². The van der Waals surface area contributed by atoms with Crippen molar-refractivity contribution in [1.29, 1.82) is 0 Å². The van der Waals surface area contributed by atoms with Gasteiger partial charge in [-0.3, -0.25) is 4.79 Å². The minimum absolute atomic E-state index is 0.0941. The van der Waals surface area contributed by atoms with Gasteiger partial charge >= 0.3 is 6.03 Å². The minimum atomic E-state index is -0.322. The van der Waals surface area contributed by atoms with E-state index in [0.29, 0.717) is 23.0 Å². The fourth-order valence-electron chi connectivity index (χ4n) is 2.59. The number of hydrogen-bond donors (Lipinski definition) is 2. The molecule has 0 bridgehead atoms. The lowest BCUT2D eigenvalue weighted by atomic mass is 10.1. The zero-order valence-corrected chi connectivity index (χ0v) is 14.6. The third-order valence-electron chi connectivity index (χ3n) is 3.86. The van der Waals surface area contributed by atoms with E-state index >= 15 is 0 Å². The highest BCUT2D eigenvalue weighted by atomic mass is 35.5. The molecule has 1 aromatic rings. The summed E-state index contributed by atoms with van der Waals surface area (Å²) in [5.41, 5.74) is 0.791. The fourth-order valence-corrected chi connectivity index (χ4v) is 3.16. The summed E-state index contributed by atoms with van der Waals surface area (Å²) >= 11 is 12.0. The summed E-state index contributed by atoms with van der Waals surface area (Å²) in [5.74, 6) is 0.0941. The van der Waals surface area contributed by atoms with Crippen LogP contribution < -0.4 is 10.6 Å². The van der Waals surface area contributed by atoms with Crippen molar-refractivity contribution in [3.8, 4) is 0 Å². The van der Waals surface area contributed by atoms with Crippen molar-refractivity contribution in [2.75, 3.05) is 19.6 Å². The van der Waals surface area contributed by atoms with Crippen LogP contribution in [0.15, 0.2) is 18.2 Å². The van der Waals surface area contributed by atoms with Crippen LogP contribution in [0.4, 0.5) is 4.79 Å². The minimum Gasteiger partial charge on any atom is -0.343 e. The lowest BCUT2D eigenvalue weighted by Gasteiger charge is -2.18. The van der Waals surface area contributed by atoms with Gasteiger partial charge in [-0.2, -0.15) is 0 Å². The van der Waals surface area contributed by atoms with Gasteiger partial charge in [0.15, 0.2) is 0 Å². The number of rotatable bonds is 5. The zero-order valence-electron chi connectivity index (χ0n) is 13.1. The molecule has 126 valence electrons. The molecule has 7 heteroatoms. The first-order valence-electron chi connectivity index (χ1n) is 7.74. The predicted molar refractivity (Wildman–Crippen MR) is 91.8 cm³/mol. The Morgan fingerprint density at radius 2 is 1.96 bits per heavy atom. The van der Waals surface area contributed by atoms with Crippen LogP contribution in [-0.4, -0.2) is 36.5 Å². The highest BCUT2D eigenvalue weighted by Crippen LogP contribution is 2.25. The van der Waals surface area contributed by atoms with Crippen LogP contribution >= 0.6 is 23.2 Å². The summed E-state index contributed by atoms with van der Waals surface area (Å²) in [6, 6.07) is 4.58. The molecule has 23 heavy (non-hydrogen) atoms. The van der Waals surface area contributed by atoms with Crippen molar-refractivity contribution in [3.63, 3.8) is 0 Å². The molecule has 1 aromatic carbocycles. The Labute approximate surface area is 146 Å². The largest absolute Gasteiger partial charge is 0.343 e. The number of halogens is 2. The maximum atomic E-state index is 11.9. The molecule has 3 amide bonds. The molecule has 0 spiro atoms. The molecule has 2 N–H and O–H groups in total. The van der Waals surface area contributed by atoms with E-state index in [1.165, 1.54) is 0 Å². The summed E-state index contributed by atoms with van der Waals surface area (Å²) in [6.07, 6.45) is 2.46. The van der Waals surface area contributed by atoms with Crippen LogP contribution in [0.2, 0.25) is 10.0 Å². The number of likely N-dealkylation sites (tertiary alicyclic amines) is 1. The molecule has 1 heterocycles. The average molecular weight is 358 g/mol. The molecule has 5 nitrogen and oxygen atoms in total. The zero-order chi connectivity index (χ0) is 16.8. The summed E-state index contributed by atoms with van der Waals surface area (Å²) in [7, 11) is 0. The van der Waals surface area contributed by atoms with Gasteiger partial charge in [0, 0.05) is 36.1 Å². The van der Waals surface area contributed by atoms with Gasteiger partial charge in [0.1, 0.15) is 0 Å². The van der Waals surface area contributed by atoms with Crippen LogP contribution in [0, 0.1) is 0 Å². The number of benzene rings is 1. The van der Waals surface area contributed by atoms with Crippen molar-refractivity contribution in [2.24, 2.45) is 0 Å².